The molecular formula is C13H26N2O. The van der Waals surface area contributed by atoms with Crippen molar-refractivity contribution in [1.29, 1.82) is 0 Å². The van der Waals surface area contributed by atoms with Gasteiger partial charge in [0.15, 0.2) is 0 Å². The molecule has 16 heavy (non-hydrogen) atoms. The Balaban J connectivity index is 2.60. The summed E-state index contributed by atoms with van der Waals surface area (Å²) in [6.07, 6.45) is 2.80. The molecule has 1 aliphatic rings. The number of rotatable bonds is 2. The maximum atomic E-state index is 12.2. The van der Waals surface area contributed by atoms with Crippen LogP contribution < -0.4 is 5.73 Å². The highest BCUT2D eigenvalue weighted by Crippen LogP contribution is 2.26. The number of hydrogen-bond acceptors (Lipinski definition) is 2. The van der Waals surface area contributed by atoms with Crippen molar-refractivity contribution in [1.82, 2.24) is 4.90 Å². The highest BCUT2D eigenvalue weighted by Gasteiger charge is 2.30. The molecule has 2 unspecified atom stereocenters. The Labute approximate surface area is 99.4 Å². The molecule has 3 nitrogen and oxygen atoms in total. The largest absolute Gasteiger partial charge is 0.338 e. The van der Waals surface area contributed by atoms with Gasteiger partial charge in [-0.25, -0.2) is 0 Å². The first-order valence-electron chi connectivity index (χ1n) is 6.33. The number of carbonyl (C=O) groups excluding carboxylic acids is 1. The Morgan fingerprint density at radius 2 is 2.06 bits per heavy atom. The minimum Gasteiger partial charge on any atom is -0.338 e. The van der Waals surface area contributed by atoms with E-state index in [0.29, 0.717) is 18.9 Å². The molecule has 1 rings (SSSR count). The van der Waals surface area contributed by atoms with E-state index in [1.54, 1.807) is 0 Å². The van der Waals surface area contributed by atoms with E-state index >= 15 is 0 Å². The normalized spacial score (nSPS) is 26.9. The third-order valence-corrected chi connectivity index (χ3v) is 3.25. The Morgan fingerprint density at radius 1 is 1.44 bits per heavy atom. The predicted molar refractivity (Wildman–Crippen MR) is 67.0 cm³/mol. The highest BCUT2D eigenvalue weighted by molar-refractivity contribution is 5.77. The Bertz CT molecular complexity index is 245. The lowest BCUT2D eigenvalue weighted by molar-refractivity contribution is -0.137. The molecule has 1 heterocycles. The molecule has 94 valence electrons. The summed E-state index contributed by atoms with van der Waals surface area (Å²) in [7, 11) is 0. The molecule has 3 heteroatoms. The van der Waals surface area contributed by atoms with Gasteiger partial charge in [-0.2, -0.15) is 0 Å². The standard InChI is InChI=1S/C13H26N2O/c1-10-5-6-15(11(7-10)9-14)12(16)8-13(2,3)4/h10-11H,5-9,14H2,1-4H3. The first-order valence-corrected chi connectivity index (χ1v) is 6.33. The summed E-state index contributed by atoms with van der Waals surface area (Å²) < 4.78 is 0. The van der Waals surface area contributed by atoms with Gasteiger partial charge in [0.1, 0.15) is 0 Å². The van der Waals surface area contributed by atoms with Gasteiger partial charge in [-0.05, 0) is 24.2 Å². The Morgan fingerprint density at radius 3 is 2.56 bits per heavy atom. The lowest BCUT2D eigenvalue weighted by Gasteiger charge is -2.39. The number of hydrogen-bond donors (Lipinski definition) is 1. The molecule has 1 saturated heterocycles. The first kappa shape index (κ1) is 13.5. The molecule has 1 aliphatic heterocycles. The minimum atomic E-state index is 0.0687. The van der Waals surface area contributed by atoms with E-state index < -0.39 is 0 Å². The zero-order valence-electron chi connectivity index (χ0n) is 11.1. The average Bonchev–Trinajstić information content (AvgIpc) is 2.14. The van der Waals surface area contributed by atoms with Crippen LogP contribution in [0.2, 0.25) is 0 Å². The summed E-state index contributed by atoms with van der Waals surface area (Å²) >= 11 is 0. The summed E-state index contributed by atoms with van der Waals surface area (Å²) in [6, 6.07) is 0.263. The summed E-state index contributed by atoms with van der Waals surface area (Å²) in [6.45, 7) is 10.0. The molecule has 0 radical (unpaired) electrons. The second-order valence-electron chi connectivity index (χ2n) is 6.34. The topological polar surface area (TPSA) is 46.3 Å². The summed E-state index contributed by atoms with van der Waals surface area (Å²) in [4.78, 5) is 14.2. The first-order chi connectivity index (χ1) is 7.33. The van der Waals surface area contributed by atoms with E-state index in [2.05, 4.69) is 27.7 Å². The number of nitrogens with two attached hydrogens (primary N) is 1. The van der Waals surface area contributed by atoms with Crippen LogP contribution in [-0.2, 0) is 4.79 Å². The van der Waals surface area contributed by atoms with Gasteiger partial charge >= 0.3 is 0 Å². The third-order valence-electron chi connectivity index (χ3n) is 3.25. The van der Waals surface area contributed by atoms with Crippen LogP contribution in [0, 0.1) is 11.3 Å². The smallest absolute Gasteiger partial charge is 0.223 e. The number of nitrogens with zero attached hydrogens (tertiary/aromatic N) is 1. The summed E-state index contributed by atoms with van der Waals surface area (Å²) in [5.74, 6) is 0.974. The number of piperidine rings is 1. The molecular weight excluding hydrogens is 200 g/mol. The predicted octanol–water partition coefficient (Wildman–Crippen LogP) is 2.01. The Hall–Kier alpha value is -0.570. The molecule has 2 atom stereocenters. The van der Waals surface area contributed by atoms with E-state index in [-0.39, 0.29) is 17.4 Å². The van der Waals surface area contributed by atoms with Crippen LogP contribution in [-0.4, -0.2) is 29.9 Å². The molecule has 0 saturated carbocycles. The van der Waals surface area contributed by atoms with Gasteiger partial charge in [0.2, 0.25) is 5.91 Å². The second-order valence-corrected chi connectivity index (χ2v) is 6.34. The monoisotopic (exact) mass is 226 g/mol. The van der Waals surface area contributed by atoms with Gasteiger partial charge in [0, 0.05) is 25.6 Å². The summed E-state index contributed by atoms with van der Waals surface area (Å²) in [5.41, 5.74) is 5.83. The van der Waals surface area contributed by atoms with Crippen LogP contribution in [0.25, 0.3) is 0 Å². The van der Waals surface area contributed by atoms with Crippen molar-refractivity contribution in [3.05, 3.63) is 0 Å². The number of likely N-dealkylation sites (tertiary alicyclic amines) is 1. The van der Waals surface area contributed by atoms with Crippen LogP contribution in [0.3, 0.4) is 0 Å². The summed E-state index contributed by atoms with van der Waals surface area (Å²) in [5, 5.41) is 0. The number of carbonyl (C=O) groups is 1. The molecule has 0 aromatic heterocycles. The third kappa shape index (κ3) is 3.78. The quantitative estimate of drug-likeness (QED) is 0.783. The van der Waals surface area contributed by atoms with Crippen LogP contribution in [0.1, 0.15) is 47.0 Å². The zero-order valence-corrected chi connectivity index (χ0v) is 11.1. The lowest BCUT2D eigenvalue weighted by atomic mass is 9.88. The van der Waals surface area contributed by atoms with Crippen molar-refractivity contribution in [2.45, 2.75) is 53.0 Å². The maximum absolute atomic E-state index is 12.2. The van der Waals surface area contributed by atoms with Crippen LogP contribution in [0.15, 0.2) is 0 Å². The van der Waals surface area contributed by atoms with Gasteiger partial charge in [-0.3, -0.25) is 4.79 Å². The zero-order chi connectivity index (χ0) is 12.3. The van der Waals surface area contributed by atoms with E-state index in [4.69, 9.17) is 5.73 Å². The fraction of sp³-hybridized carbons (Fsp3) is 0.923. The number of amides is 1. The minimum absolute atomic E-state index is 0.0687. The van der Waals surface area contributed by atoms with Gasteiger partial charge in [-0.1, -0.05) is 27.7 Å². The molecule has 1 amide bonds. The fourth-order valence-electron chi connectivity index (χ4n) is 2.36. The van der Waals surface area contributed by atoms with E-state index in [1.165, 1.54) is 0 Å². The van der Waals surface area contributed by atoms with E-state index in [1.807, 2.05) is 4.90 Å². The average molecular weight is 226 g/mol. The highest BCUT2D eigenvalue weighted by atomic mass is 16.2. The van der Waals surface area contributed by atoms with E-state index in [0.717, 1.165) is 19.4 Å². The molecule has 0 aromatic carbocycles. The van der Waals surface area contributed by atoms with Gasteiger partial charge in [-0.15, -0.1) is 0 Å². The molecule has 0 spiro atoms. The van der Waals surface area contributed by atoms with Crippen molar-refractivity contribution >= 4 is 5.91 Å². The molecule has 0 bridgehead atoms. The second kappa shape index (κ2) is 5.17. The lowest BCUT2D eigenvalue weighted by Crippen LogP contribution is -2.49. The molecule has 2 N–H and O–H groups in total. The van der Waals surface area contributed by atoms with Crippen LogP contribution in [0.4, 0.5) is 0 Å². The fourth-order valence-corrected chi connectivity index (χ4v) is 2.36. The van der Waals surface area contributed by atoms with Crippen molar-refractivity contribution in [2.24, 2.45) is 17.1 Å². The molecule has 1 fully saturated rings. The van der Waals surface area contributed by atoms with E-state index in [9.17, 15) is 4.79 Å². The van der Waals surface area contributed by atoms with Gasteiger partial charge in [0.05, 0.1) is 0 Å². The maximum Gasteiger partial charge on any atom is 0.223 e. The Kier molecular flexibility index (Phi) is 4.36. The van der Waals surface area contributed by atoms with Crippen LogP contribution in [0.5, 0.6) is 0 Å². The van der Waals surface area contributed by atoms with Gasteiger partial charge < -0.3 is 10.6 Å². The van der Waals surface area contributed by atoms with Crippen molar-refractivity contribution < 1.29 is 4.79 Å². The van der Waals surface area contributed by atoms with Crippen molar-refractivity contribution in [3.63, 3.8) is 0 Å². The van der Waals surface area contributed by atoms with Crippen molar-refractivity contribution in [2.75, 3.05) is 13.1 Å². The van der Waals surface area contributed by atoms with Crippen molar-refractivity contribution in [3.8, 4) is 0 Å². The van der Waals surface area contributed by atoms with Gasteiger partial charge in [0.25, 0.3) is 0 Å². The van der Waals surface area contributed by atoms with Crippen LogP contribution >= 0.6 is 0 Å². The molecule has 0 aliphatic carbocycles. The SMILES string of the molecule is CC1CCN(C(=O)CC(C)(C)C)C(CN)C1. The molecule has 0 aromatic rings.